The second-order valence-corrected chi connectivity index (χ2v) is 4.97. The van der Waals surface area contributed by atoms with E-state index in [2.05, 4.69) is 0 Å². The minimum absolute atomic E-state index is 0.0120. The molecule has 1 aliphatic heterocycles. The Labute approximate surface area is 106 Å². The fourth-order valence-electron chi connectivity index (χ4n) is 2.32. The number of rotatable bonds is 5. The second kappa shape index (κ2) is 4.96. The lowest BCUT2D eigenvalue weighted by molar-refractivity contribution is -0.151. The van der Waals surface area contributed by atoms with Crippen molar-refractivity contribution in [3.8, 4) is 0 Å². The highest BCUT2D eigenvalue weighted by Gasteiger charge is 2.39. The van der Waals surface area contributed by atoms with Gasteiger partial charge in [-0.05, 0) is 26.2 Å². The fourth-order valence-corrected chi connectivity index (χ4v) is 2.32. The number of nitrogens with zero attached hydrogens (tertiary/aromatic N) is 2. The molecular formula is C12H18N2O4. The van der Waals surface area contributed by atoms with Crippen LogP contribution in [0, 0.1) is 0 Å². The van der Waals surface area contributed by atoms with Crippen molar-refractivity contribution in [1.82, 2.24) is 9.80 Å². The Balaban J connectivity index is 1.99. The van der Waals surface area contributed by atoms with Crippen LogP contribution in [0.25, 0.3) is 0 Å². The number of amides is 2. The number of hydrogen-bond donors (Lipinski definition) is 1. The summed E-state index contributed by atoms with van der Waals surface area (Å²) in [6.45, 7) is 2.14. The third-order valence-corrected chi connectivity index (χ3v) is 3.50. The van der Waals surface area contributed by atoms with Crippen molar-refractivity contribution in [3.63, 3.8) is 0 Å². The molecule has 1 unspecified atom stereocenters. The van der Waals surface area contributed by atoms with Crippen molar-refractivity contribution in [2.45, 2.75) is 44.7 Å². The van der Waals surface area contributed by atoms with Crippen molar-refractivity contribution >= 4 is 17.8 Å². The highest BCUT2D eigenvalue weighted by Crippen LogP contribution is 2.29. The number of carbonyl (C=O) groups excluding carboxylic acids is 2. The zero-order valence-corrected chi connectivity index (χ0v) is 10.5. The zero-order chi connectivity index (χ0) is 13.3. The van der Waals surface area contributed by atoms with Crippen LogP contribution in [0.1, 0.15) is 32.6 Å². The second-order valence-electron chi connectivity index (χ2n) is 4.97. The first-order valence-electron chi connectivity index (χ1n) is 6.32. The van der Waals surface area contributed by atoms with E-state index in [1.54, 1.807) is 0 Å². The predicted octanol–water partition coefficient (Wildman–Crippen LogP) is 0.0729. The van der Waals surface area contributed by atoms with Crippen LogP contribution in [0.15, 0.2) is 0 Å². The number of hydrogen-bond acceptors (Lipinski definition) is 3. The first-order valence-corrected chi connectivity index (χ1v) is 6.32. The maximum atomic E-state index is 12.1. The monoisotopic (exact) mass is 254 g/mol. The molecule has 18 heavy (non-hydrogen) atoms. The van der Waals surface area contributed by atoms with Crippen molar-refractivity contribution in [3.05, 3.63) is 0 Å². The van der Waals surface area contributed by atoms with Gasteiger partial charge in [0.15, 0.2) is 0 Å². The van der Waals surface area contributed by atoms with Gasteiger partial charge >= 0.3 is 5.97 Å². The smallest absolute Gasteiger partial charge is 0.326 e. The zero-order valence-electron chi connectivity index (χ0n) is 10.5. The van der Waals surface area contributed by atoms with E-state index in [9.17, 15) is 14.4 Å². The molecule has 1 atom stereocenters. The van der Waals surface area contributed by atoms with Crippen molar-refractivity contribution < 1.29 is 19.5 Å². The van der Waals surface area contributed by atoms with Crippen LogP contribution < -0.4 is 0 Å². The van der Waals surface area contributed by atoms with Crippen LogP contribution in [0.3, 0.4) is 0 Å². The largest absolute Gasteiger partial charge is 0.480 e. The lowest BCUT2D eigenvalue weighted by Crippen LogP contribution is -2.49. The van der Waals surface area contributed by atoms with Gasteiger partial charge in [-0.1, -0.05) is 0 Å². The van der Waals surface area contributed by atoms with E-state index >= 15 is 0 Å². The number of likely N-dealkylation sites (tertiary alicyclic amines) is 1. The van der Waals surface area contributed by atoms with Gasteiger partial charge in [0.05, 0.1) is 6.54 Å². The Bertz CT molecular complexity index is 378. The number of carbonyl (C=O) groups is 3. The molecule has 1 aliphatic carbocycles. The molecule has 1 N–H and O–H groups in total. The van der Waals surface area contributed by atoms with E-state index in [1.807, 2.05) is 0 Å². The summed E-state index contributed by atoms with van der Waals surface area (Å²) >= 11 is 0. The van der Waals surface area contributed by atoms with Crippen LogP contribution in [0.4, 0.5) is 0 Å². The molecule has 0 aromatic heterocycles. The molecule has 1 heterocycles. The summed E-state index contributed by atoms with van der Waals surface area (Å²) in [6.07, 6.45) is 2.99. The van der Waals surface area contributed by atoms with E-state index in [-0.39, 0.29) is 24.4 Å². The van der Waals surface area contributed by atoms with E-state index in [4.69, 9.17) is 5.11 Å². The Kier molecular flexibility index (Phi) is 3.54. The molecule has 0 spiro atoms. The third kappa shape index (κ3) is 2.63. The molecular weight excluding hydrogens is 236 g/mol. The van der Waals surface area contributed by atoms with E-state index < -0.39 is 12.0 Å². The van der Waals surface area contributed by atoms with Gasteiger partial charge in [-0.3, -0.25) is 9.59 Å². The van der Waals surface area contributed by atoms with Crippen molar-refractivity contribution in [1.29, 1.82) is 0 Å². The number of carboxylic acids is 1. The minimum Gasteiger partial charge on any atom is -0.480 e. The van der Waals surface area contributed by atoms with Crippen LogP contribution in [-0.4, -0.2) is 57.9 Å². The third-order valence-electron chi connectivity index (χ3n) is 3.50. The molecule has 0 aromatic carbocycles. The molecule has 0 aromatic rings. The lowest BCUT2D eigenvalue weighted by Gasteiger charge is -2.28. The molecule has 0 bridgehead atoms. The topological polar surface area (TPSA) is 77.9 Å². The maximum Gasteiger partial charge on any atom is 0.326 e. The first-order chi connectivity index (χ1) is 8.50. The lowest BCUT2D eigenvalue weighted by atomic mass is 10.2. The molecule has 6 heteroatoms. The first kappa shape index (κ1) is 12.9. The van der Waals surface area contributed by atoms with Gasteiger partial charge in [0.2, 0.25) is 11.8 Å². The van der Waals surface area contributed by atoms with Crippen LogP contribution in [0.2, 0.25) is 0 Å². The van der Waals surface area contributed by atoms with Gasteiger partial charge in [0, 0.05) is 19.0 Å². The van der Waals surface area contributed by atoms with Gasteiger partial charge < -0.3 is 14.9 Å². The average molecular weight is 254 g/mol. The van der Waals surface area contributed by atoms with Crippen LogP contribution >= 0.6 is 0 Å². The molecule has 1 saturated heterocycles. The average Bonchev–Trinajstić information content (AvgIpc) is 3.05. The summed E-state index contributed by atoms with van der Waals surface area (Å²) in [5, 5.41) is 9.02. The SMILES string of the molecule is CC(C(=O)O)N(C(=O)CN1CCCC1=O)C1CC1. The predicted molar refractivity (Wildman–Crippen MR) is 62.8 cm³/mol. The molecule has 2 aliphatic rings. The number of aliphatic carboxylic acids is 1. The summed E-state index contributed by atoms with van der Waals surface area (Å²) in [5.74, 6) is -1.26. The van der Waals surface area contributed by atoms with Gasteiger partial charge in [0.25, 0.3) is 0 Å². The Morgan fingerprint density at radius 3 is 2.61 bits per heavy atom. The summed E-state index contributed by atoms with van der Waals surface area (Å²) in [7, 11) is 0. The van der Waals surface area contributed by atoms with Gasteiger partial charge in [-0.2, -0.15) is 0 Å². The molecule has 100 valence electrons. The van der Waals surface area contributed by atoms with Gasteiger partial charge in [0.1, 0.15) is 6.04 Å². The van der Waals surface area contributed by atoms with Gasteiger partial charge in [-0.15, -0.1) is 0 Å². The minimum atomic E-state index is -0.997. The van der Waals surface area contributed by atoms with E-state index in [0.717, 1.165) is 19.3 Å². The standard InChI is InChI=1S/C12H18N2O4/c1-8(12(17)18)14(9-4-5-9)11(16)7-13-6-2-3-10(13)15/h8-9H,2-7H2,1H3,(H,17,18). The van der Waals surface area contributed by atoms with Crippen LogP contribution in [-0.2, 0) is 14.4 Å². The molecule has 0 radical (unpaired) electrons. The quantitative estimate of drug-likeness (QED) is 0.753. The van der Waals surface area contributed by atoms with E-state index in [1.165, 1.54) is 16.7 Å². The van der Waals surface area contributed by atoms with Crippen LogP contribution in [0.5, 0.6) is 0 Å². The Hall–Kier alpha value is -1.59. The normalized spacial score (nSPS) is 20.9. The number of carboxylic acid groups (broad SMARTS) is 1. The molecule has 1 saturated carbocycles. The highest BCUT2D eigenvalue weighted by molar-refractivity contribution is 5.88. The van der Waals surface area contributed by atoms with Crippen molar-refractivity contribution in [2.75, 3.05) is 13.1 Å². The summed E-state index contributed by atoms with van der Waals surface area (Å²) in [6, 6.07) is -0.774. The highest BCUT2D eigenvalue weighted by atomic mass is 16.4. The van der Waals surface area contributed by atoms with Crippen molar-refractivity contribution in [2.24, 2.45) is 0 Å². The summed E-state index contributed by atoms with van der Waals surface area (Å²) < 4.78 is 0. The Morgan fingerprint density at radius 2 is 2.17 bits per heavy atom. The van der Waals surface area contributed by atoms with Gasteiger partial charge in [-0.25, -0.2) is 4.79 Å². The Morgan fingerprint density at radius 1 is 1.50 bits per heavy atom. The van der Waals surface area contributed by atoms with E-state index in [0.29, 0.717) is 13.0 Å². The molecule has 2 amide bonds. The molecule has 6 nitrogen and oxygen atoms in total. The maximum absolute atomic E-state index is 12.1. The molecule has 2 fully saturated rings. The summed E-state index contributed by atoms with van der Waals surface area (Å²) in [4.78, 5) is 37.6. The fraction of sp³-hybridized carbons (Fsp3) is 0.750. The summed E-state index contributed by atoms with van der Waals surface area (Å²) in [5.41, 5.74) is 0. The molecule has 2 rings (SSSR count).